The fourth-order valence-corrected chi connectivity index (χ4v) is 6.63. The Hall–Kier alpha value is -1.71. The Labute approximate surface area is 344 Å². The molecule has 0 aromatic rings. The Morgan fingerprint density at radius 1 is 0.393 bits per heavy atom. The van der Waals surface area contributed by atoms with E-state index >= 15 is 0 Å². The molecule has 0 bridgehead atoms. The number of hydrogen-bond acceptors (Lipinski definition) is 9. The van der Waals surface area contributed by atoms with E-state index in [0.29, 0.717) is 39.1 Å². The SMILES string of the molecule is CCCCCCCCCCOC(=O)CCCCCCCCCCCC(=O)OC[C@@H](CO)COC(=O)CCC(OCCCCCCCC)OCCCCCCCC. The molecule has 0 radical (unpaired) electrons. The van der Waals surface area contributed by atoms with Gasteiger partial charge in [0.05, 0.1) is 38.8 Å². The lowest BCUT2D eigenvalue weighted by Gasteiger charge is -2.19. The van der Waals surface area contributed by atoms with Gasteiger partial charge < -0.3 is 28.8 Å². The first-order valence-electron chi connectivity index (χ1n) is 23.8. The smallest absolute Gasteiger partial charge is 0.305 e. The van der Waals surface area contributed by atoms with Crippen molar-refractivity contribution in [2.45, 2.75) is 239 Å². The molecule has 0 amide bonds. The predicted octanol–water partition coefficient (Wildman–Crippen LogP) is 12.5. The second kappa shape index (κ2) is 44.4. The van der Waals surface area contributed by atoms with Gasteiger partial charge in [-0.25, -0.2) is 0 Å². The quantitative estimate of drug-likeness (QED) is 0.0278. The molecule has 0 saturated carbocycles. The van der Waals surface area contributed by atoms with Gasteiger partial charge in [-0.2, -0.15) is 0 Å². The highest BCUT2D eigenvalue weighted by molar-refractivity contribution is 5.70. The second-order valence-corrected chi connectivity index (χ2v) is 16.0. The highest BCUT2D eigenvalue weighted by Crippen LogP contribution is 2.15. The van der Waals surface area contributed by atoms with Crippen LogP contribution in [0.15, 0.2) is 0 Å². The van der Waals surface area contributed by atoms with Gasteiger partial charge in [0.2, 0.25) is 0 Å². The monoisotopic (exact) mass is 799 g/mol. The number of rotatable bonds is 45. The molecule has 332 valence electrons. The maximum atomic E-state index is 12.5. The van der Waals surface area contributed by atoms with E-state index in [2.05, 4.69) is 20.8 Å². The minimum atomic E-state index is -0.447. The van der Waals surface area contributed by atoms with Crippen LogP contribution in [0.4, 0.5) is 0 Å². The van der Waals surface area contributed by atoms with E-state index < -0.39 is 12.2 Å². The number of hydrogen-bond donors (Lipinski definition) is 1. The van der Waals surface area contributed by atoms with Gasteiger partial charge in [0.15, 0.2) is 6.29 Å². The Bertz CT molecular complexity index is 834. The minimum absolute atomic E-state index is 0.00789. The molecule has 0 aromatic carbocycles. The number of aliphatic hydroxyl groups is 1. The van der Waals surface area contributed by atoms with Crippen molar-refractivity contribution < 1.29 is 43.2 Å². The molecule has 0 aliphatic rings. The molecule has 0 fully saturated rings. The molecule has 0 unspecified atom stereocenters. The highest BCUT2D eigenvalue weighted by atomic mass is 16.7. The van der Waals surface area contributed by atoms with Gasteiger partial charge in [0.25, 0.3) is 0 Å². The summed E-state index contributed by atoms with van der Waals surface area (Å²) in [5.41, 5.74) is 0. The van der Waals surface area contributed by atoms with E-state index in [1.807, 2.05) is 0 Å². The molecule has 1 N–H and O–H groups in total. The van der Waals surface area contributed by atoms with E-state index in [-0.39, 0.29) is 44.1 Å². The zero-order valence-electron chi connectivity index (χ0n) is 36.9. The zero-order valence-corrected chi connectivity index (χ0v) is 36.9. The van der Waals surface area contributed by atoms with Crippen molar-refractivity contribution in [3.63, 3.8) is 0 Å². The molecule has 0 aromatic heterocycles. The van der Waals surface area contributed by atoms with Crippen LogP contribution in [0.25, 0.3) is 0 Å². The zero-order chi connectivity index (χ0) is 41.0. The number of esters is 3. The molecule has 0 saturated heterocycles. The maximum absolute atomic E-state index is 12.5. The first-order valence-corrected chi connectivity index (χ1v) is 23.8. The summed E-state index contributed by atoms with van der Waals surface area (Å²) in [6.45, 7) is 8.31. The number of aliphatic hydroxyl groups excluding tert-OH is 1. The molecule has 0 aliphatic heterocycles. The number of carbonyl (C=O) groups is 3. The molecule has 9 heteroatoms. The molecule has 9 nitrogen and oxygen atoms in total. The summed E-state index contributed by atoms with van der Waals surface area (Å²) < 4.78 is 28.2. The van der Waals surface area contributed by atoms with Crippen LogP contribution in [-0.4, -0.2) is 68.9 Å². The Balaban J connectivity index is 3.94. The van der Waals surface area contributed by atoms with Crippen LogP contribution in [0.2, 0.25) is 0 Å². The van der Waals surface area contributed by atoms with Gasteiger partial charge in [-0.3, -0.25) is 14.4 Å². The molecular formula is C47H90O9. The molecular weight excluding hydrogens is 709 g/mol. The van der Waals surface area contributed by atoms with Crippen LogP contribution in [0.5, 0.6) is 0 Å². The van der Waals surface area contributed by atoms with Crippen LogP contribution in [0.1, 0.15) is 233 Å². The first kappa shape index (κ1) is 54.3. The number of ether oxygens (including phenoxy) is 5. The molecule has 0 aliphatic carbocycles. The van der Waals surface area contributed by atoms with Crippen LogP contribution in [-0.2, 0) is 38.1 Å². The van der Waals surface area contributed by atoms with Gasteiger partial charge in [0, 0.05) is 32.5 Å². The van der Waals surface area contributed by atoms with E-state index in [1.165, 1.54) is 103 Å². The van der Waals surface area contributed by atoms with Crippen LogP contribution >= 0.6 is 0 Å². The third kappa shape index (κ3) is 40.5. The van der Waals surface area contributed by atoms with Crippen molar-refractivity contribution in [2.75, 3.05) is 39.6 Å². The van der Waals surface area contributed by atoms with E-state index in [9.17, 15) is 19.5 Å². The summed E-state index contributed by atoms with van der Waals surface area (Å²) in [5.74, 6) is -1.14. The first-order chi connectivity index (χ1) is 27.5. The van der Waals surface area contributed by atoms with Crippen molar-refractivity contribution in [1.29, 1.82) is 0 Å². The fourth-order valence-electron chi connectivity index (χ4n) is 6.63. The lowest BCUT2D eigenvalue weighted by Crippen LogP contribution is -2.25. The van der Waals surface area contributed by atoms with Gasteiger partial charge in [-0.15, -0.1) is 0 Å². The van der Waals surface area contributed by atoms with E-state index in [1.54, 1.807) is 0 Å². The van der Waals surface area contributed by atoms with E-state index in [4.69, 9.17) is 23.7 Å². The van der Waals surface area contributed by atoms with Crippen molar-refractivity contribution in [3.05, 3.63) is 0 Å². The normalized spacial score (nSPS) is 11.9. The van der Waals surface area contributed by atoms with Crippen molar-refractivity contribution in [1.82, 2.24) is 0 Å². The maximum Gasteiger partial charge on any atom is 0.305 e. The summed E-state index contributed by atoms with van der Waals surface area (Å²) in [7, 11) is 0. The largest absolute Gasteiger partial charge is 0.466 e. The summed E-state index contributed by atoms with van der Waals surface area (Å²) in [6.07, 6.45) is 34.7. The summed E-state index contributed by atoms with van der Waals surface area (Å²) in [6, 6.07) is 0. The second-order valence-electron chi connectivity index (χ2n) is 16.0. The number of unbranched alkanes of at least 4 members (excludes halogenated alkanes) is 25. The van der Waals surface area contributed by atoms with Gasteiger partial charge >= 0.3 is 17.9 Å². The standard InChI is InChI=1S/C47H90O9/c1-4-7-10-13-16-22-27-30-37-52-44(49)33-28-23-20-18-17-19-21-24-29-34-45(50)55-41-43(40-48)42-56-46(51)35-36-47(53-38-31-25-14-11-8-5-2)54-39-32-26-15-12-9-6-3/h43,47-48H,4-42H2,1-3H3/t43-/m1/s1. The van der Waals surface area contributed by atoms with Gasteiger partial charge in [-0.1, -0.05) is 175 Å². The Kier molecular flexibility index (Phi) is 43.0. The molecule has 1 atom stereocenters. The van der Waals surface area contributed by atoms with Crippen molar-refractivity contribution >= 4 is 17.9 Å². The van der Waals surface area contributed by atoms with E-state index in [0.717, 1.165) is 83.5 Å². The van der Waals surface area contributed by atoms with Crippen molar-refractivity contribution in [2.24, 2.45) is 5.92 Å². The topological polar surface area (TPSA) is 118 Å². The van der Waals surface area contributed by atoms with Crippen LogP contribution in [0, 0.1) is 5.92 Å². The third-order valence-electron chi connectivity index (χ3n) is 10.4. The van der Waals surface area contributed by atoms with Crippen LogP contribution < -0.4 is 0 Å². The molecule has 0 spiro atoms. The van der Waals surface area contributed by atoms with Gasteiger partial charge in [-0.05, 0) is 32.1 Å². The summed E-state index contributed by atoms with van der Waals surface area (Å²) in [5, 5.41) is 9.77. The molecule has 0 heterocycles. The fraction of sp³-hybridized carbons (Fsp3) is 0.936. The lowest BCUT2D eigenvalue weighted by atomic mass is 10.1. The number of carbonyl (C=O) groups excluding carboxylic acids is 3. The predicted molar refractivity (Wildman–Crippen MR) is 229 cm³/mol. The van der Waals surface area contributed by atoms with Crippen molar-refractivity contribution in [3.8, 4) is 0 Å². The Morgan fingerprint density at radius 3 is 1.11 bits per heavy atom. The average molecular weight is 799 g/mol. The molecule has 0 rings (SSSR count). The third-order valence-corrected chi connectivity index (χ3v) is 10.4. The van der Waals surface area contributed by atoms with Gasteiger partial charge in [0.1, 0.15) is 0 Å². The average Bonchev–Trinajstić information content (AvgIpc) is 3.20. The highest BCUT2D eigenvalue weighted by Gasteiger charge is 2.17. The Morgan fingerprint density at radius 2 is 0.714 bits per heavy atom. The molecule has 56 heavy (non-hydrogen) atoms. The lowest BCUT2D eigenvalue weighted by molar-refractivity contribution is -0.161. The van der Waals surface area contributed by atoms with Crippen LogP contribution in [0.3, 0.4) is 0 Å². The summed E-state index contributed by atoms with van der Waals surface area (Å²) in [4.78, 5) is 36.8. The summed E-state index contributed by atoms with van der Waals surface area (Å²) >= 11 is 0. The minimum Gasteiger partial charge on any atom is -0.466 e.